The Morgan fingerprint density at radius 3 is 2.37 bits per heavy atom. The third-order valence-corrected chi connectivity index (χ3v) is 4.17. The first-order chi connectivity index (χ1) is 13.0. The van der Waals surface area contributed by atoms with Crippen molar-refractivity contribution in [3.05, 3.63) is 71.3 Å². The minimum absolute atomic E-state index is 0.410. The zero-order chi connectivity index (χ0) is 19.6. The molecular formula is C22H27NO4. The molecule has 0 heterocycles. The van der Waals surface area contributed by atoms with E-state index >= 15 is 0 Å². The smallest absolute Gasteiger partial charge is 0.344 e. The van der Waals surface area contributed by atoms with Crippen molar-refractivity contribution in [3.8, 4) is 5.75 Å². The Kier molecular flexibility index (Phi) is 7.89. The molecule has 2 N–H and O–H groups in total. The largest absolute Gasteiger partial charge is 0.479 e. The van der Waals surface area contributed by atoms with E-state index in [0.717, 1.165) is 17.7 Å². The van der Waals surface area contributed by atoms with Gasteiger partial charge >= 0.3 is 5.97 Å². The van der Waals surface area contributed by atoms with Gasteiger partial charge in [0, 0.05) is 0 Å². The first-order valence-corrected chi connectivity index (χ1v) is 9.13. The molecule has 0 spiro atoms. The van der Waals surface area contributed by atoms with Gasteiger partial charge in [-0.3, -0.25) is 10.3 Å². The van der Waals surface area contributed by atoms with Gasteiger partial charge in [-0.1, -0.05) is 42.8 Å². The van der Waals surface area contributed by atoms with E-state index in [1.54, 1.807) is 19.1 Å². The maximum absolute atomic E-state index is 11.1. The molecule has 0 aliphatic heterocycles. The van der Waals surface area contributed by atoms with Crippen LogP contribution in [0, 0.1) is 6.92 Å². The number of allylic oxidation sites excluding steroid dienone is 1. The maximum Gasteiger partial charge on any atom is 0.344 e. The Balaban J connectivity index is 1.85. The summed E-state index contributed by atoms with van der Waals surface area (Å²) >= 11 is 0. The van der Waals surface area contributed by atoms with Crippen molar-refractivity contribution >= 4 is 11.7 Å². The predicted molar refractivity (Wildman–Crippen MR) is 106 cm³/mol. The maximum atomic E-state index is 11.1. The second kappa shape index (κ2) is 10.4. The quantitative estimate of drug-likeness (QED) is 0.481. The number of aryl methyl sites for hydroxylation is 1. The van der Waals surface area contributed by atoms with Crippen LogP contribution in [0.25, 0.3) is 5.70 Å². The lowest BCUT2D eigenvalue weighted by Crippen LogP contribution is -2.25. The molecule has 1 unspecified atom stereocenters. The summed E-state index contributed by atoms with van der Waals surface area (Å²) in [5.74, 6) is -0.428. The fraction of sp³-hybridized carbons (Fsp3) is 0.318. The molecule has 0 bridgehead atoms. The molecule has 1 atom stereocenters. The monoisotopic (exact) mass is 369 g/mol. The van der Waals surface area contributed by atoms with Gasteiger partial charge < -0.3 is 9.84 Å². The summed E-state index contributed by atoms with van der Waals surface area (Å²) in [7, 11) is 0. The van der Waals surface area contributed by atoms with Crippen molar-refractivity contribution in [1.29, 1.82) is 0 Å². The molecule has 144 valence electrons. The van der Waals surface area contributed by atoms with E-state index in [4.69, 9.17) is 14.7 Å². The molecule has 0 radical (unpaired) electrons. The van der Waals surface area contributed by atoms with Gasteiger partial charge in [0.25, 0.3) is 0 Å². The molecule has 2 rings (SSSR count). The Hall–Kier alpha value is -2.79. The van der Waals surface area contributed by atoms with Crippen LogP contribution in [0.3, 0.4) is 0 Å². The van der Waals surface area contributed by atoms with Crippen LogP contribution in [-0.2, 0) is 16.1 Å². The van der Waals surface area contributed by atoms with Crippen LogP contribution in [0.4, 0.5) is 0 Å². The van der Waals surface area contributed by atoms with E-state index in [-0.39, 0.29) is 0 Å². The summed E-state index contributed by atoms with van der Waals surface area (Å²) < 4.78 is 5.48. The van der Waals surface area contributed by atoms with Crippen molar-refractivity contribution in [2.75, 3.05) is 6.61 Å². The Morgan fingerprint density at radius 1 is 1.15 bits per heavy atom. The van der Waals surface area contributed by atoms with Crippen LogP contribution in [0.1, 0.15) is 37.0 Å². The summed E-state index contributed by atoms with van der Waals surface area (Å²) in [6, 6.07) is 15.7. The first-order valence-electron chi connectivity index (χ1n) is 9.13. The fourth-order valence-corrected chi connectivity index (χ4v) is 2.52. The third kappa shape index (κ3) is 6.46. The number of nitrogens with one attached hydrogen (secondary N) is 1. The van der Waals surface area contributed by atoms with Gasteiger partial charge in [0.05, 0.1) is 12.3 Å². The number of hydrogen-bond donors (Lipinski definition) is 2. The number of hydroxylamine groups is 1. The predicted octanol–water partition coefficient (Wildman–Crippen LogP) is 4.36. The Morgan fingerprint density at radius 2 is 1.81 bits per heavy atom. The molecule has 5 heteroatoms. The van der Waals surface area contributed by atoms with Crippen molar-refractivity contribution in [2.24, 2.45) is 0 Å². The minimum atomic E-state index is -0.959. The summed E-state index contributed by atoms with van der Waals surface area (Å²) in [6.07, 6.45) is 2.33. The number of ether oxygens (including phenoxy) is 1. The topological polar surface area (TPSA) is 67.8 Å². The summed E-state index contributed by atoms with van der Waals surface area (Å²) in [4.78, 5) is 16.7. The molecule has 0 aliphatic rings. The molecular weight excluding hydrogens is 342 g/mol. The van der Waals surface area contributed by atoms with Crippen LogP contribution >= 0.6 is 0 Å². The van der Waals surface area contributed by atoms with Crippen LogP contribution in [0.15, 0.2) is 54.6 Å². The highest BCUT2D eigenvalue weighted by atomic mass is 16.6. The standard InChI is InChI=1S/C22H27NO4/c1-4-20(23-26-15-14-17-8-6-16(3)7-9-17)18-10-12-19(13-11-18)27-21(5-2)22(24)25/h4,6-13,21,23H,5,14-15H2,1-3H3,(H,24,25). The van der Waals surface area contributed by atoms with E-state index in [1.165, 1.54) is 11.1 Å². The van der Waals surface area contributed by atoms with E-state index in [1.807, 2.05) is 25.1 Å². The van der Waals surface area contributed by atoms with Gasteiger partial charge in [-0.05, 0) is 62.1 Å². The Bertz CT molecular complexity index is 751. The zero-order valence-electron chi connectivity index (χ0n) is 16.1. The second-order valence-electron chi connectivity index (χ2n) is 6.27. The van der Waals surface area contributed by atoms with E-state index in [2.05, 4.69) is 36.7 Å². The van der Waals surface area contributed by atoms with Gasteiger partial charge in [-0.2, -0.15) is 0 Å². The van der Waals surface area contributed by atoms with Crippen molar-refractivity contribution in [2.45, 2.75) is 39.7 Å². The number of carboxylic acid groups (broad SMARTS) is 1. The SMILES string of the molecule is CC=C(NOCCc1ccc(C)cc1)c1ccc(OC(CC)C(=O)O)cc1. The van der Waals surface area contributed by atoms with Crippen molar-refractivity contribution < 1.29 is 19.5 Å². The van der Waals surface area contributed by atoms with Crippen LogP contribution in [0.2, 0.25) is 0 Å². The van der Waals surface area contributed by atoms with E-state index in [0.29, 0.717) is 18.8 Å². The molecule has 0 aromatic heterocycles. The molecule has 0 fully saturated rings. The normalized spacial score (nSPS) is 12.5. The minimum Gasteiger partial charge on any atom is -0.479 e. The number of benzene rings is 2. The molecule has 5 nitrogen and oxygen atoms in total. The average Bonchev–Trinajstić information content (AvgIpc) is 2.68. The van der Waals surface area contributed by atoms with Crippen molar-refractivity contribution in [3.63, 3.8) is 0 Å². The molecule has 2 aromatic rings. The lowest BCUT2D eigenvalue weighted by molar-refractivity contribution is -0.145. The van der Waals surface area contributed by atoms with Crippen LogP contribution in [-0.4, -0.2) is 23.8 Å². The average molecular weight is 369 g/mol. The van der Waals surface area contributed by atoms with E-state index in [9.17, 15) is 4.79 Å². The van der Waals surface area contributed by atoms with Gasteiger partial charge in [0.2, 0.25) is 0 Å². The highest BCUT2D eigenvalue weighted by Gasteiger charge is 2.16. The third-order valence-electron chi connectivity index (χ3n) is 4.17. The van der Waals surface area contributed by atoms with Gasteiger partial charge in [0.15, 0.2) is 6.10 Å². The van der Waals surface area contributed by atoms with Gasteiger partial charge in [0.1, 0.15) is 5.75 Å². The number of hydrogen-bond acceptors (Lipinski definition) is 4. The lowest BCUT2D eigenvalue weighted by atomic mass is 10.1. The zero-order valence-corrected chi connectivity index (χ0v) is 16.1. The highest BCUT2D eigenvalue weighted by molar-refractivity contribution is 5.72. The van der Waals surface area contributed by atoms with Crippen molar-refractivity contribution in [1.82, 2.24) is 5.48 Å². The molecule has 0 aliphatic carbocycles. The Labute approximate surface area is 160 Å². The lowest BCUT2D eigenvalue weighted by Gasteiger charge is -2.15. The summed E-state index contributed by atoms with van der Waals surface area (Å²) in [5.41, 5.74) is 7.24. The van der Waals surface area contributed by atoms with Gasteiger partial charge in [-0.15, -0.1) is 0 Å². The molecule has 0 saturated carbocycles. The first kappa shape index (κ1) is 20.5. The van der Waals surface area contributed by atoms with Crippen LogP contribution < -0.4 is 10.2 Å². The van der Waals surface area contributed by atoms with Crippen LogP contribution in [0.5, 0.6) is 5.75 Å². The number of carbonyl (C=O) groups is 1. The molecule has 0 saturated heterocycles. The molecule has 2 aromatic carbocycles. The fourth-order valence-electron chi connectivity index (χ4n) is 2.52. The number of rotatable bonds is 10. The molecule has 0 amide bonds. The number of aliphatic carboxylic acids is 1. The number of carboxylic acids is 1. The summed E-state index contributed by atoms with van der Waals surface area (Å²) in [6.45, 7) is 6.33. The van der Waals surface area contributed by atoms with Gasteiger partial charge in [-0.25, -0.2) is 4.79 Å². The highest BCUT2D eigenvalue weighted by Crippen LogP contribution is 2.19. The second-order valence-corrected chi connectivity index (χ2v) is 6.27. The summed E-state index contributed by atoms with van der Waals surface area (Å²) in [5, 5.41) is 9.07. The van der Waals surface area contributed by atoms with E-state index < -0.39 is 12.1 Å². The molecule has 27 heavy (non-hydrogen) atoms.